The molecule has 5 rings (SSSR count). The van der Waals surface area contributed by atoms with E-state index in [2.05, 4.69) is 15.1 Å². The predicted octanol–water partition coefficient (Wildman–Crippen LogP) is 1.41. The van der Waals surface area contributed by atoms with Crippen LogP contribution in [0, 0.1) is 5.92 Å². The Morgan fingerprint density at radius 2 is 2.07 bits per heavy atom. The average Bonchev–Trinajstić information content (AvgIpc) is 3.46. The van der Waals surface area contributed by atoms with E-state index < -0.39 is 0 Å². The molecule has 1 saturated carbocycles. The van der Waals surface area contributed by atoms with Gasteiger partial charge in [-0.1, -0.05) is 0 Å². The molecule has 1 aliphatic carbocycles. The number of nitrogens with one attached hydrogen (secondary N) is 1. The maximum absolute atomic E-state index is 11.9. The number of carbonyl (C=O) groups is 1. The van der Waals surface area contributed by atoms with Crippen molar-refractivity contribution < 1.29 is 9.53 Å². The highest BCUT2D eigenvalue weighted by molar-refractivity contribution is 5.87. The molecule has 0 aromatic rings. The van der Waals surface area contributed by atoms with Crippen molar-refractivity contribution in [2.45, 2.75) is 44.6 Å². The molecule has 144 valence electrons. The van der Waals surface area contributed by atoms with Crippen LogP contribution in [0.15, 0.2) is 40.0 Å². The summed E-state index contributed by atoms with van der Waals surface area (Å²) in [4.78, 5) is 21.5. The van der Waals surface area contributed by atoms with Gasteiger partial charge in [0.2, 0.25) is 11.9 Å². The Morgan fingerprint density at radius 3 is 2.81 bits per heavy atom. The van der Waals surface area contributed by atoms with Crippen LogP contribution in [0.2, 0.25) is 0 Å². The molecule has 7 heteroatoms. The third-order valence-corrected chi connectivity index (χ3v) is 6.15. The van der Waals surface area contributed by atoms with Crippen LogP contribution in [0.5, 0.6) is 0 Å². The Labute approximate surface area is 159 Å². The van der Waals surface area contributed by atoms with Gasteiger partial charge in [0.05, 0.1) is 11.4 Å². The van der Waals surface area contributed by atoms with E-state index in [1.54, 1.807) is 6.26 Å². The summed E-state index contributed by atoms with van der Waals surface area (Å²) >= 11 is 0. The summed E-state index contributed by atoms with van der Waals surface area (Å²) in [5.41, 5.74) is 10.0. The molecular weight excluding hydrogens is 342 g/mol. The topological polar surface area (TPSA) is 83.2 Å². The van der Waals surface area contributed by atoms with Gasteiger partial charge in [-0.3, -0.25) is 4.79 Å². The maximum Gasteiger partial charge on any atom is 0.240 e. The van der Waals surface area contributed by atoms with Crippen LogP contribution in [0.25, 0.3) is 0 Å². The zero-order chi connectivity index (χ0) is 18.4. The number of guanidine groups is 1. The molecule has 0 aromatic carbocycles. The number of likely N-dealkylation sites (tertiary alicyclic amines) is 1. The SMILES string of the molecule is NC(=O)C(NC1=COCC2=C3C1=CN=C(N1CCCCC1)N3CC2)C1CC1. The van der Waals surface area contributed by atoms with Gasteiger partial charge in [-0.05, 0) is 50.0 Å². The van der Waals surface area contributed by atoms with Crippen LogP contribution in [0.4, 0.5) is 0 Å². The number of piperidine rings is 1. The molecule has 1 saturated heterocycles. The van der Waals surface area contributed by atoms with Gasteiger partial charge in [-0.2, -0.15) is 0 Å². The number of amides is 1. The summed E-state index contributed by atoms with van der Waals surface area (Å²) in [6.45, 7) is 3.68. The summed E-state index contributed by atoms with van der Waals surface area (Å²) in [6, 6.07) is -0.342. The van der Waals surface area contributed by atoms with E-state index in [0.29, 0.717) is 12.5 Å². The molecule has 1 unspecified atom stereocenters. The van der Waals surface area contributed by atoms with E-state index in [9.17, 15) is 4.79 Å². The molecule has 1 atom stereocenters. The van der Waals surface area contributed by atoms with Crippen molar-refractivity contribution in [3.63, 3.8) is 0 Å². The highest BCUT2D eigenvalue weighted by atomic mass is 16.5. The number of hydrogen-bond acceptors (Lipinski definition) is 6. The Hall–Kier alpha value is -2.44. The van der Waals surface area contributed by atoms with Crippen molar-refractivity contribution >= 4 is 11.9 Å². The van der Waals surface area contributed by atoms with Gasteiger partial charge in [-0.15, -0.1) is 0 Å². The minimum absolute atomic E-state index is 0.297. The Bertz CT molecular complexity index is 771. The zero-order valence-corrected chi connectivity index (χ0v) is 15.6. The lowest BCUT2D eigenvalue weighted by Crippen LogP contribution is -2.47. The van der Waals surface area contributed by atoms with Gasteiger partial charge in [0.15, 0.2) is 0 Å². The second-order valence-electron chi connectivity index (χ2n) is 8.08. The largest absolute Gasteiger partial charge is 0.495 e. The van der Waals surface area contributed by atoms with Gasteiger partial charge in [0.1, 0.15) is 18.9 Å². The first-order valence-corrected chi connectivity index (χ1v) is 10.1. The molecule has 0 spiro atoms. The summed E-state index contributed by atoms with van der Waals surface area (Å²) in [7, 11) is 0. The lowest BCUT2D eigenvalue weighted by molar-refractivity contribution is -0.120. The van der Waals surface area contributed by atoms with Gasteiger partial charge >= 0.3 is 0 Å². The number of hydrogen-bond donors (Lipinski definition) is 2. The van der Waals surface area contributed by atoms with E-state index in [1.807, 2.05) is 6.20 Å². The van der Waals surface area contributed by atoms with Gasteiger partial charge < -0.3 is 25.6 Å². The summed E-state index contributed by atoms with van der Waals surface area (Å²) in [5, 5.41) is 3.37. The van der Waals surface area contributed by atoms with Gasteiger partial charge in [0.25, 0.3) is 0 Å². The lowest BCUT2D eigenvalue weighted by atomic mass is 10.0. The fraction of sp³-hybridized carbons (Fsp3) is 0.600. The molecule has 1 amide bonds. The fourth-order valence-corrected chi connectivity index (χ4v) is 4.56. The van der Waals surface area contributed by atoms with Crippen molar-refractivity contribution in [1.29, 1.82) is 0 Å². The normalized spacial score (nSPS) is 25.7. The van der Waals surface area contributed by atoms with Crippen LogP contribution < -0.4 is 11.1 Å². The maximum atomic E-state index is 11.9. The van der Waals surface area contributed by atoms with E-state index in [0.717, 1.165) is 56.1 Å². The third kappa shape index (κ3) is 2.99. The van der Waals surface area contributed by atoms with Crippen molar-refractivity contribution in [2.24, 2.45) is 16.6 Å². The van der Waals surface area contributed by atoms with Crippen LogP contribution in [0.1, 0.15) is 38.5 Å². The Morgan fingerprint density at radius 1 is 1.26 bits per heavy atom. The van der Waals surface area contributed by atoms with E-state index in [-0.39, 0.29) is 11.9 Å². The van der Waals surface area contributed by atoms with Crippen LogP contribution in [-0.4, -0.2) is 53.9 Å². The second kappa shape index (κ2) is 6.62. The molecule has 0 radical (unpaired) electrons. The zero-order valence-electron chi connectivity index (χ0n) is 15.6. The Balaban J connectivity index is 1.47. The van der Waals surface area contributed by atoms with E-state index in [4.69, 9.17) is 15.5 Å². The standard InChI is InChI=1S/C20H27N5O2/c21-19(26)17(13-4-5-13)23-16-12-27-11-14-6-9-25-18(14)15(16)10-22-20(25)24-7-2-1-3-8-24/h10,12-13,17,23H,1-9,11H2,(H2,21,26). The number of ether oxygens (including phenoxy) is 1. The lowest BCUT2D eigenvalue weighted by Gasteiger charge is -2.38. The van der Waals surface area contributed by atoms with Crippen LogP contribution in [0.3, 0.4) is 0 Å². The molecule has 4 aliphatic heterocycles. The third-order valence-electron chi connectivity index (χ3n) is 6.15. The number of nitrogens with two attached hydrogens (primary N) is 1. The van der Waals surface area contributed by atoms with Gasteiger partial charge in [-0.25, -0.2) is 4.99 Å². The van der Waals surface area contributed by atoms with Crippen molar-refractivity contribution in [2.75, 3.05) is 26.2 Å². The minimum Gasteiger partial charge on any atom is -0.495 e. The first kappa shape index (κ1) is 16.7. The molecule has 7 nitrogen and oxygen atoms in total. The fourth-order valence-electron chi connectivity index (χ4n) is 4.56. The number of nitrogens with zero attached hydrogens (tertiary/aromatic N) is 3. The monoisotopic (exact) mass is 369 g/mol. The predicted molar refractivity (Wildman–Crippen MR) is 102 cm³/mol. The molecular formula is C20H27N5O2. The highest BCUT2D eigenvalue weighted by Crippen LogP contribution is 2.39. The first-order chi connectivity index (χ1) is 13.2. The van der Waals surface area contributed by atoms with E-state index in [1.165, 1.54) is 30.5 Å². The molecule has 0 aromatic heterocycles. The van der Waals surface area contributed by atoms with Crippen molar-refractivity contribution in [3.8, 4) is 0 Å². The van der Waals surface area contributed by atoms with Crippen molar-refractivity contribution in [1.82, 2.24) is 15.1 Å². The molecule has 0 bridgehead atoms. The molecule has 5 aliphatic rings. The molecule has 2 fully saturated rings. The van der Waals surface area contributed by atoms with Crippen LogP contribution in [-0.2, 0) is 9.53 Å². The Kier molecular flexibility index (Phi) is 4.10. The summed E-state index contributed by atoms with van der Waals surface area (Å²) < 4.78 is 5.82. The summed E-state index contributed by atoms with van der Waals surface area (Å²) in [6.07, 6.45) is 10.5. The number of carbonyl (C=O) groups excluding carboxylic acids is 1. The van der Waals surface area contributed by atoms with Crippen molar-refractivity contribution in [3.05, 3.63) is 35.0 Å². The molecule has 4 heterocycles. The number of primary amides is 1. The van der Waals surface area contributed by atoms with Gasteiger partial charge in [0, 0.05) is 31.4 Å². The van der Waals surface area contributed by atoms with E-state index >= 15 is 0 Å². The van der Waals surface area contributed by atoms with Crippen LogP contribution >= 0.6 is 0 Å². The first-order valence-electron chi connectivity index (χ1n) is 10.1. The highest BCUT2D eigenvalue weighted by Gasteiger charge is 2.39. The smallest absolute Gasteiger partial charge is 0.240 e. The quantitative estimate of drug-likeness (QED) is 0.783. The number of rotatable bonds is 4. The molecule has 27 heavy (non-hydrogen) atoms. The summed E-state index contributed by atoms with van der Waals surface area (Å²) in [5.74, 6) is 1.10. The molecule has 3 N–H and O–H groups in total. The number of aliphatic imine (C=N–C) groups is 1. The minimum atomic E-state index is -0.342. The second-order valence-corrected chi connectivity index (χ2v) is 8.08. The average molecular weight is 369 g/mol.